The van der Waals surface area contributed by atoms with E-state index in [1.807, 2.05) is 12.1 Å². The van der Waals surface area contributed by atoms with Crippen molar-refractivity contribution < 1.29 is 13.9 Å². The summed E-state index contributed by atoms with van der Waals surface area (Å²) in [4.78, 5) is 16.4. The first kappa shape index (κ1) is 21.0. The summed E-state index contributed by atoms with van der Waals surface area (Å²) < 4.78 is 19.0. The van der Waals surface area contributed by atoms with Crippen LogP contribution in [0.3, 0.4) is 0 Å². The van der Waals surface area contributed by atoms with E-state index in [2.05, 4.69) is 44.0 Å². The van der Waals surface area contributed by atoms with Crippen molar-refractivity contribution in [1.82, 2.24) is 10.2 Å². The Morgan fingerprint density at radius 3 is 2.34 bits per heavy atom. The van der Waals surface area contributed by atoms with Crippen LogP contribution in [0.25, 0.3) is 0 Å². The number of carbonyl (C=O) groups excluding carboxylic acids is 1. The molecule has 1 heterocycles. The van der Waals surface area contributed by atoms with Gasteiger partial charge in [0.2, 0.25) is 0 Å². The van der Waals surface area contributed by atoms with Gasteiger partial charge in [-0.25, -0.2) is 9.18 Å². The summed E-state index contributed by atoms with van der Waals surface area (Å²) in [5.74, 6) is 0.555. The van der Waals surface area contributed by atoms with Crippen LogP contribution in [-0.2, 0) is 5.41 Å². The number of ether oxygens (including phenoxy) is 1. The molecule has 1 saturated heterocycles. The monoisotopic (exact) mass is 399 g/mol. The summed E-state index contributed by atoms with van der Waals surface area (Å²) in [6.07, 6.45) is 0. The van der Waals surface area contributed by atoms with Crippen LogP contribution in [0.4, 0.5) is 14.9 Å². The molecule has 1 N–H and O–H groups in total. The molecular weight excluding hydrogens is 369 g/mol. The minimum absolute atomic E-state index is 0.0396. The van der Waals surface area contributed by atoms with Crippen molar-refractivity contribution in [1.29, 1.82) is 0 Å². The van der Waals surface area contributed by atoms with Gasteiger partial charge in [-0.2, -0.15) is 0 Å². The fourth-order valence-corrected chi connectivity index (χ4v) is 3.46. The fourth-order valence-electron chi connectivity index (χ4n) is 3.46. The molecule has 1 aliphatic rings. The summed E-state index contributed by atoms with van der Waals surface area (Å²) in [6, 6.07) is 12.4. The van der Waals surface area contributed by atoms with E-state index in [-0.39, 0.29) is 24.0 Å². The van der Waals surface area contributed by atoms with Gasteiger partial charge in [-0.3, -0.25) is 0 Å². The van der Waals surface area contributed by atoms with Crippen molar-refractivity contribution in [3.8, 4) is 5.75 Å². The first-order valence-corrected chi connectivity index (χ1v) is 10.0. The van der Waals surface area contributed by atoms with Crippen LogP contribution >= 0.6 is 0 Å². The van der Waals surface area contributed by atoms with Gasteiger partial charge in [0.1, 0.15) is 11.6 Å². The number of amides is 2. The highest BCUT2D eigenvalue weighted by molar-refractivity contribution is 5.74. The maximum atomic E-state index is 13.1. The Kier molecular flexibility index (Phi) is 6.30. The van der Waals surface area contributed by atoms with E-state index in [0.717, 1.165) is 17.0 Å². The van der Waals surface area contributed by atoms with Crippen molar-refractivity contribution in [2.45, 2.75) is 33.1 Å². The van der Waals surface area contributed by atoms with Crippen LogP contribution in [0.15, 0.2) is 42.5 Å². The van der Waals surface area contributed by atoms with Crippen LogP contribution in [0.2, 0.25) is 0 Å². The van der Waals surface area contributed by atoms with Crippen molar-refractivity contribution in [2.24, 2.45) is 0 Å². The summed E-state index contributed by atoms with van der Waals surface area (Å²) in [5, 5.41) is 2.85. The zero-order chi connectivity index (χ0) is 21.0. The maximum absolute atomic E-state index is 13.1. The largest absolute Gasteiger partial charge is 0.473 e. The van der Waals surface area contributed by atoms with Crippen molar-refractivity contribution in [2.75, 3.05) is 37.8 Å². The molecule has 5 nitrogen and oxygen atoms in total. The lowest BCUT2D eigenvalue weighted by molar-refractivity contribution is 0.181. The molecule has 156 valence electrons. The van der Waals surface area contributed by atoms with Gasteiger partial charge in [0, 0.05) is 31.9 Å². The van der Waals surface area contributed by atoms with Crippen LogP contribution < -0.4 is 15.0 Å². The molecule has 1 aliphatic heterocycles. The van der Waals surface area contributed by atoms with E-state index in [1.54, 1.807) is 17.0 Å². The molecule has 0 unspecified atom stereocenters. The van der Waals surface area contributed by atoms with E-state index in [9.17, 15) is 9.18 Å². The second-order valence-electron chi connectivity index (χ2n) is 8.47. The van der Waals surface area contributed by atoms with Crippen LogP contribution in [0, 0.1) is 12.7 Å². The van der Waals surface area contributed by atoms with Gasteiger partial charge in [-0.05, 0) is 48.2 Å². The number of nitrogens with zero attached hydrogens (tertiary/aromatic N) is 2. The topological polar surface area (TPSA) is 44.8 Å². The quantitative estimate of drug-likeness (QED) is 0.780. The second kappa shape index (κ2) is 8.72. The minimum Gasteiger partial charge on any atom is -0.473 e. The smallest absolute Gasteiger partial charge is 0.320 e. The van der Waals surface area contributed by atoms with E-state index in [1.165, 1.54) is 17.7 Å². The van der Waals surface area contributed by atoms with Crippen LogP contribution in [-0.4, -0.2) is 43.8 Å². The first-order chi connectivity index (χ1) is 13.7. The Labute approximate surface area is 172 Å². The molecule has 3 rings (SSSR count). The van der Waals surface area contributed by atoms with Gasteiger partial charge in [0.15, 0.2) is 6.73 Å². The number of rotatable bonds is 4. The minimum atomic E-state index is -0.241. The Morgan fingerprint density at radius 2 is 1.72 bits per heavy atom. The third kappa shape index (κ3) is 5.40. The molecule has 1 fully saturated rings. The number of piperazine rings is 1. The average Bonchev–Trinajstić information content (AvgIpc) is 2.69. The molecule has 2 amide bonds. The third-order valence-corrected chi connectivity index (χ3v) is 5.15. The van der Waals surface area contributed by atoms with Gasteiger partial charge in [0.25, 0.3) is 0 Å². The summed E-state index contributed by atoms with van der Waals surface area (Å²) in [5.41, 5.74) is 3.25. The number of halogens is 1. The van der Waals surface area contributed by atoms with Gasteiger partial charge < -0.3 is 19.9 Å². The van der Waals surface area contributed by atoms with Crippen LogP contribution in [0.5, 0.6) is 5.75 Å². The zero-order valence-corrected chi connectivity index (χ0v) is 17.7. The lowest BCUT2D eigenvalue weighted by atomic mass is 9.85. The van der Waals surface area contributed by atoms with Gasteiger partial charge in [-0.1, -0.05) is 38.5 Å². The average molecular weight is 400 g/mol. The number of hydrogen-bond donors (Lipinski definition) is 1. The molecular formula is C23H30FN3O2. The third-order valence-electron chi connectivity index (χ3n) is 5.15. The normalized spacial score (nSPS) is 14.7. The molecule has 0 atom stereocenters. The molecule has 29 heavy (non-hydrogen) atoms. The highest BCUT2D eigenvalue weighted by atomic mass is 19.1. The first-order valence-electron chi connectivity index (χ1n) is 10.0. The predicted octanol–water partition coefficient (Wildman–Crippen LogP) is 4.30. The predicted molar refractivity (Wildman–Crippen MR) is 114 cm³/mol. The lowest BCUT2D eigenvalue weighted by Gasteiger charge is -2.36. The Hall–Kier alpha value is -2.76. The highest BCUT2D eigenvalue weighted by Crippen LogP contribution is 2.32. The lowest BCUT2D eigenvalue weighted by Crippen LogP contribution is -2.52. The number of nitrogens with one attached hydrogen (secondary N) is 1. The molecule has 0 spiro atoms. The van der Waals surface area contributed by atoms with E-state index in [0.29, 0.717) is 26.2 Å². The number of benzene rings is 2. The number of carbonyl (C=O) groups is 1. The van der Waals surface area contributed by atoms with E-state index >= 15 is 0 Å². The number of aryl methyl sites for hydroxylation is 1. The van der Waals surface area contributed by atoms with Gasteiger partial charge in [0.05, 0.1) is 0 Å². The molecule has 2 aromatic rings. The molecule has 6 heteroatoms. The number of anilines is 1. The fraction of sp³-hybridized carbons (Fsp3) is 0.435. The summed E-state index contributed by atoms with van der Waals surface area (Å²) >= 11 is 0. The Morgan fingerprint density at radius 1 is 1.07 bits per heavy atom. The SMILES string of the molecule is Cc1ccc(OCNC(=O)N2CCN(c3ccc(F)cc3)CC2)c(C(C)(C)C)c1. The van der Waals surface area contributed by atoms with Crippen molar-refractivity contribution in [3.63, 3.8) is 0 Å². The number of urea groups is 1. The standard InChI is InChI=1S/C23H30FN3O2/c1-17-5-10-21(20(15-17)23(2,3)4)29-16-25-22(28)27-13-11-26(12-14-27)19-8-6-18(24)7-9-19/h5-10,15H,11-14,16H2,1-4H3,(H,25,28). The van der Waals surface area contributed by atoms with E-state index < -0.39 is 0 Å². The molecule has 2 aromatic carbocycles. The molecule has 0 saturated carbocycles. The molecule has 0 aromatic heterocycles. The molecule has 0 bridgehead atoms. The van der Waals surface area contributed by atoms with Crippen LogP contribution in [0.1, 0.15) is 31.9 Å². The maximum Gasteiger partial charge on any atom is 0.320 e. The Balaban J connectivity index is 1.49. The zero-order valence-electron chi connectivity index (χ0n) is 17.7. The number of hydrogen-bond acceptors (Lipinski definition) is 3. The van der Waals surface area contributed by atoms with Gasteiger partial charge in [-0.15, -0.1) is 0 Å². The highest BCUT2D eigenvalue weighted by Gasteiger charge is 2.22. The van der Waals surface area contributed by atoms with Crippen molar-refractivity contribution >= 4 is 11.7 Å². The Bertz CT molecular complexity index is 838. The van der Waals surface area contributed by atoms with E-state index in [4.69, 9.17) is 4.74 Å². The van der Waals surface area contributed by atoms with Gasteiger partial charge >= 0.3 is 6.03 Å². The van der Waals surface area contributed by atoms with Crippen molar-refractivity contribution in [3.05, 3.63) is 59.4 Å². The second-order valence-corrected chi connectivity index (χ2v) is 8.47. The molecule has 0 radical (unpaired) electrons. The summed E-state index contributed by atoms with van der Waals surface area (Å²) in [7, 11) is 0. The summed E-state index contributed by atoms with van der Waals surface area (Å²) in [6.45, 7) is 11.3. The molecule has 0 aliphatic carbocycles.